The van der Waals surface area contributed by atoms with Crippen molar-refractivity contribution in [1.29, 1.82) is 5.26 Å². The Balaban J connectivity index is 1.19. The first kappa shape index (κ1) is 21.4. The summed E-state index contributed by atoms with van der Waals surface area (Å²) in [6.45, 7) is 5.02. The van der Waals surface area contributed by atoms with Crippen LogP contribution < -0.4 is 4.74 Å². The summed E-state index contributed by atoms with van der Waals surface area (Å²) >= 11 is 0. The number of hydrogen-bond acceptors (Lipinski definition) is 6. The molecule has 2 fully saturated rings. The summed E-state index contributed by atoms with van der Waals surface area (Å²) in [6.07, 6.45) is 1.09. The van der Waals surface area contributed by atoms with Crippen LogP contribution in [0.2, 0.25) is 0 Å². The van der Waals surface area contributed by atoms with E-state index in [1.807, 2.05) is 12.1 Å². The maximum Gasteiger partial charge on any atom is 0.176 e. The van der Waals surface area contributed by atoms with Gasteiger partial charge in [0.05, 0.1) is 37.0 Å². The molecule has 2 atom stereocenters. The molecule has 0 spiro atoms. The monoisotopic (exact) mass is 423 g/mol. The van der Waals surface area contributed by atoms with Gasteiger partial charge >= 0.3 is 0 Å². The molecule has 0 radical (unpaired) electrons. The van der Waals surface area contributed by atoms with Crippen LogP contribution in [0.5, 0.6) is 5.75 Å². The molecule has 2 aliphatic heterocycles. The van der Waals surface area contributed by atoms with Crippen molar-refractivity contribution in [3.63, 3.8) is 0 Å². The minimum absolute atomic E-state index is 0.0109. The average molecular weight is 423 g/mol. The molecule has 31 heavy (non-hydrogen) atoms. The lowest BCUT2D eigenvalue weighted by atomic mass is 10.1. The molecule has 2 heterocycles. The number of nitrogens with zero attached hydrogens (tertiary/aromatic N) is 3. The van der Waals surface area contributed by atoms with Crippen molar-refractivity contribution in [2.24, 2.45) is 0 Å². The van der Waals surface area contributed by atoms with Crippen LogP contribution in [0.1, 0.15) is 22.3 Å². The van der Waals surface area contributed by atoms with Gasteiger partial charge in [0.15, 0.2) is 5.78 Å². The van der Waals surface area contributed by atoms with Gasteiger partial charge < -0.3 is 9.47 Å². The molecular weight excluding hydrogens is 397 g/mol. The van der Waals surface area contributed by atoms with Gasteiger partial charge in [-0.05, 0) is 55.0 Å². The fourth-order valence-electron chi connectivity index (χ4n) is 4.21. The Hall–Kier alpha value is -2.79. The van der Waals surface area contributed by atoms with E-state index in [4.69, 9.17) is 14.7 Å². The van der Waals surface area contributed by atoms with Crippen LogP contribution in [0.4, 0.5) is 4.39 Å². The molecular formula is C24H26FN3O3. The predicted octanol–water partition coefficient (Wildman–Crippen LogP) is 2.73. The van der Waals surface area contributed by atoms with E-state index >= 15 is 0 Å². The molecule has 2 unspecified atom stereocenters. The molecule has 0 aromatic heterocycles. The molecule has 2 aromatic carbocycles. The molecule has 0 saturated carbocycles. The van der Waals surface area contributed by atoms with Gasteiger partial charge in [0.1, 0.15) is 11.6 Å². The Morgan fingerprint density at radius 2 is 1.68 bits per heavy atom. The van der Waals surface area contributed by atoms with Crippen LogP contribution in [0, 0.1) is 17.1 Å². The smallest absolute Gasteiger partial charge is 0.176 e. The number of benzene rings is 2. The topological polar surface area (TPSA) is 65.8 Å². The second-order valence-corrected chi connectivity index (χ2v) is 8.10. The number of carbonyl (C=O) groups excluding carboxylic acids is 1. The molecule has 4 rings (SSSR count). The first-order chi connectivity index (χ1) is 15.1. The molecule has 2 aliphatic rings. The second kappa shape index (κ2) is 10.0. The zero-order valence-electron chi connectivity index (χ0n) is 17.4. The van der Waals surface area contributed by atoms with Gasteiger partial charge in [-0.2, -0.15) is 5.26 Å². The number of carbonyl (C=O) groups is 1. The number of ketones is 1. The number of fused-ring (bicyclic) bond motifs is 2. The maximum atomic E-state index is 13.1. The van der Waals surface area contributed by atoms with Crippen molar-refractivity contribution in [2.45, 2.75) is 18.6 Å². The van der Waals surface area contributed by atoms with Crippen LogP contribution >= 0.6 is 0 Å². The van der Waals surface area contributed by atoms with Crippen LogP contribution in [0.25, 0.3) is 0 Å². The van der Waals surface area contributed by atoms with E-state index in [9.17, 15) is 9.18 Å². The minimum atomic E-state index is -0.333. The molecule has 0 aliphatic carbocycles. The van der Waals surface area contributed by atoms with E-state index in [2.05, 4.69) is 15.9 Å². The Morgan fingerprint density at radius 1 is 1.03 bits per heavy atom. The van der Waals surface area contributed by atoms with Gasteiger partial charge in [0.25, 0.3) is 0 Å². The van der Waals surface area contributed by atoms with Crippen molar-refractivity contribution in [3.8, 4) is 11.8 Å². The average Bonchev–Trinajstić information content (AvgIpc) is 2.77. The van der Waals surface area contributed by atoms with E-state index in [-0.39, 0.29) is 23.8 Å². The molecule has 2 bridgehead atoms. The van der Waals surface area contributed by atoms with Crippen LogP contribution in [-0.4, -0.2) is 73.7 Å². The lowest BCUT2D eigenvalue weighted by Gasteiger charge is -2.45. The number of nitriles is 1. The highest BCUT2D eigenvalue weighted by molar-refractivity contribution is 5.97. The van der Waals surface area contributed by atoms with Crippen molar-refractivity contribution in [3.05, 3.63) is 65.5 Å². The summed E-state index contributed by atoms with van der Waals surface area (Å²) in [7, 11) is 0. The normalized spacial score (nSPS) is 21.4. The van der Waals surface area contributed by atoms with Gasteiger partial charge in [-0.25, -0.2) is 4.39 Å². The summed E-state index contributed by atoms with van der Waals surface area (Å²) in [5, 5.41) is 8.84. The van der Waals surface area contributed by atoms with E-state index in [0.717, 1.165) is 44.9 Å². The highest BCUT2D eigenvalue weighted by atomic mass is 19.1. The number of morpholine rings is 2. The van der Waals surface area contributed by atoms with E-state index < -0.39 is 0 Å². The van der Waals surface area contributed by atoms with Crippen molar-refractivity contribution in [2.75, 3.05) is 45.9 Å². The van der Waals surface area contributed by atoms with Gasteiger partial charge in [-0.1, -0.05) is 0 Å². The minimum Gasteiger partial charge on any atom is -0.494 e. The largest absolute Gasteiger partial charge is 0.494 e. The Bertz CT molecular complexity index is 913. The van der Waals surface area contributed by atoms with Crippen LogP contribution in [-0.2, 0) is 4.74 Å². The highest BCUT2D eigenvalue weighted by Gasteiger charge is 2.35. The first-order valence-corrected chi connectivity index (χ1v) is 10.6. The summed E-state index contributed by atoms with van der Waals surface area (Å²) in [4.78, 5) is 17.0. The Morgan fingerprint density at radius 3 is 2.32 bits per heavy atom. The van der Waals surface area contributed by atoms with E-state index in [0.29, 0.717) is 24.3 Å². The molecule has 2 saturated heterocycles. The van der Waals surface area contributed by atoms with Crippen LogP contribution in [0.15, 0.2) is 48.5 Å². The Labute approximate surface area is 181 Å². The van der Waals surface area contributed by atoms with E-state index in [1.165, 1.54) is 12.1 Å². The summed E-state index contributed by atoms with van der Waals surface area (Å²) < 4.78 is 24.9. The zero-order valence-corrected chi connectivity index (χ0v) is 17.4. The lowest BCUT2D eigenvalue weighted by Crippen LogP contribution is -2.60. The summed E-state index contributed by atoms with van der Waals surface area (Å²) in [5.74, 6) is 0.455. The van der Waals surface area contributed by atoms with E-state index in [1.54, 1.807) is 24.3 Å². The van der Waals surface area contributed by atoms with Gasteiger partial charge in [-0.3, -0.25) is 14.6 Å². The van der Waals surface area contributed by atoms with Gasteiger partial charge in [0.2, 0.25) is 0 Å². The quantitative estimate of drug-likeness (QED) is 0.481. The highest BCUT2D eigenvalue weighted by Crippen LogP contribution is 2.20. The second-order valence-electron chi connectivity index (χ2n) is 8.10. The third-order valence-corrected chi connectivity index (χ3v) is 5.64. The lowest BCUT2D eigenvalue weighted by molar-refractivity contribution is -0.136. The molecule has 0 amide bonds. The summed E-state index contributed by atoms with van der Waals surface area (Å²) in [6, 6.07) is 15.0. The van der Waals surface area contributed by atoms with Crippen molar-refractivity contribution >= 4 is 5.78 Å². The van der Waals surface area contributed by atoms with Crippen LogP contribution in [0.3, 0.4) is 0 Å². The third-order valence-electron chi connectivity index (χ3n) is 5.64. The SMILES string of the molecule is N#Cc1ccc(OCCCN2CC3CN(CC(=O)c4ccc(F)cc4)CC(C2)O3)cc1. The maximum absolute atomic E-state index is 13.1. The van der Waals surface area contributed by atoms with Crippen molar-refractivity contribution < 1.29 is 18.7 Å². The van der Waals surface area contributed by atoms with Gasteiger partial charge in [-0.15, -0.1) is 0 Å². The number of rotatable bonds is 8. The summed E-state index contributed by atoms with van der Waals surface area (Å²) in [5.41, 5.74) is 1.17. The standard InChI is InChI=1S/C24H26FN3O3/c25-20-6-4-19(5-7-20)24(29)17-28-15-22-13-27(14-23(16-28)31-22)10-1-11-30-21-8-2-18(12-26)3-9-21/h2-9,22-23H,1,10-11,13-17H2. The van der Waals surface area contributed by atoms with Gasteiger partial charge in [0, 0.05) is 38.3 Å². The first-order valence-electron chi connectivity index (χ1n) is 10.6. The number of ether oxygens (including phenoxy) is 2. The molecule has 7 heteroatoms. The predicted molar refractivity (Wildman–Crippen MR) is 114 cm³/mol. The molecule has 6 nitrogen and oxygen atoms in total. The number of Topliss-reactive ketones (excluding diaryl/α,β-unsaturated/α-hetero) is 1. The fraction of sp³-hybridized carbons (Fsp3) is 0.417. The number of halogens is 1. The molecule has 0 N–H and O–H groups in total. The molecule has 162 valence electrons. The number of hydrogen-bond donors (Lipinski definition) is 0. The van der Waals surface area contributed by atoms with Crippen molar-refractivity contribution in [1.82, 2.24) is 9.80 Å². The fourth-order valence-corrected chi connectivity index (χ4v) is 4.21. The molecule has 2 aromatic rings. The Kier molecular flexibility index (Phi) is 6.92. The third kappa shape index (κ3) is 5.88. The zero-order chi connectivity index (χ0) is 21.6.